The fourth-order valence-electron chi connectivity index (χ4n) is 1.81. The maximum absolute atomic E-state index is 13.4. The second-order valence-electron chi connectivity index (χ2n) is 4.30. The van der Waals surface area contributed by atoms with Crippen LogP contribution >= 0.6 is 0 Å². The zero-order valence-electron chi connectivity index (χ0n) is 11.3. The van der Waals surface area contributed by atoms with Gasteiger partial charge in [-0.25, -0.2) is 4.39 Å². The van der Waals surface area contributed by atoms with Crippen molar-refractivity contribution >= 4 is 11.5 Å². The molecule has 1 aromatic carbocycles. The van der Waals surface area contributed by atoms with E-state index in [9.17, 15) is 4.39 Å². The smallest absolute Gasteiger partial charge is 0.214 e. The first-order chi connectivity index (χ1) is 9.13. The number of hydrogen-bond donors (Lipinski definition) is 1. The van der Waals surface area contributed by atoms with E-state index in [1.807, 2.05) is 26.0 Å². The Labute approximate surface area is 112 Å². The van der Waals surface area contributed by atoms with E-state index in [0.29, 0.717) is 23.7 Å². The molecule has 0 spiro atoms. The Morgan fingerprint density at radius 3 is 2.74 bits per heavy atom. The highest BCUT2D eigenvalue weighted by Gasteiger charge is 2.05. The minimum absolute atomic E-state index is 0.177. The zero-order chi connectivity index (χ0) is 13.8. The normalized spacial score (nSPS) is 10.3. The molecule has 3 nitrogen and oxygen atoms in total. The van der Waals surface area contributed by atoms with Crippen LogP contribution in [0.1, 0.15) is 18.1 Å². The molecule has 0 aliphatic rings. The van der Waals surface area contributed by atoms with Crippen LogP contribution in [0.5, 0.6) is 5.88 Å². The van der Waals surface area contributed by atoms with Gasteiger partial charge < -0.3 is 10.1 Å². The fourth-order valence-corrected chi connectivity index (χ4v) is 1.81. The first-order valence-corrected chi connectivity index (χ1v) is 6.21. The lowest BCUT2D eigenvalue weighted by Crippen LogP contribution is -1.99. The van der Waals surface area contributed by atoms with Gasteiger partial charge in [-0.05, 0) is 42.7 Å². The van der Waals surface area contributed by atoms with Crippen LogP contribution in [0.15, 0.2) is 30.3 Å². The number of nitrogens with one attached hydrogen (secondary N) is 1. The van der Waals surface area contributed by atoms with Gasteiger partial charge >= 0.3 is 0 Å². The highest BCUT2D eigenvalue weighted by Crippen LogP contribution is 2.23. The fraction of sp³-hybridized carbons (Fsp3) is 0.267. The Balaban J connectivity index is 2.30. The van der Waals surface area contributed by atoms with Crippen molar-refractivity contribution in [1.29, 1.82) is 0 Å². The van der Waals surface area contributed by atoms with Gasteiger partial charge in [0.05, 0.1) is 7.11 Å². The molecule has 0 bridgehead atoms. The third kappa shape index (κ3) is 3.02. The number of anilines is 2. The predicted molar refractivity (Wildman–Crippen MR) is 74.6 cm³/mol. The van der Waals surface area contributed by atoms with E-state index < -0.39 is 0 Å². The molecule has 1 aromatic heterocycles. The molecule has 2 aromatic rings. The molecule has 100 valence electrons. The minimum atomic E-state index is -0.177. The summed E-state index contributed by atoms with van der Waals surface area (Å²) < 4.78 is 18.5. The number of halogens is 1. The zero-order valence-corrected chi connectivity index (χ0v) is 11.3. The first kappa shape index (κ1) is 13.3. The van der Waals surface area contributed by atoms with Crippen LogP contribution in [0.2, 0.25) is 0 Å². The monoisotopic (exact) mass is 260 g/mol. The van der Waals surface area contributed by atoms with Crippen molar-refractivity contribution < 1.29 is 9.13 Å². The molecule has 0 saturated carbocycles. The van der Waals surface area contributed by atoms with Crippen molar-refractivity contribution in [1.82, 2.24) is 4.98 Å². The molecule has 0 aliphatic carbocycles. The largest absolute Gasteiger partial charge is 0.481 e. The summed E-state index contributed by atoms with van der Waals surface area (Å²) in [6, 6.07) is 8.71. The number of ether oxygens (including phenoxy) is 1. The van der Waals surface area contributed by atoms with Crippen molar-refractivity contribution in [3.63, 3.8) is 0 Å². The second kappa shape index (κ2) is 5.69. The Kier molecular flexibility index (Phi) is 4.00. The minimum Gasteiger partial charge on any atom is -0.481 e. The lowest BCUT2D eigenvalue weighted by molar-refractivity contribution is 0.398. The van der Waals surface area contributed by atoms with Crippen LogP contribution in [0, 0.1) is 12.7 Å². The van der Waals surface area contributed by atoms with Gasteiger partial charge in [0, 0.05) is 11.8 Å². The lowest BCUT2D eigenvalue weighted by atomic mass is 10.1. The van der Waals surface area contributed by atoms with E-state index in [1.165, 1.54) is 6.07 Å². The highest BCUT2D eigenvalue weighted by atomic mass is 19.1. The van der Waals surface area contributed by atoms with Crippen molar-refractivity contribution in [3.8, 4) is 5.88 Å². The van der Waals surface area contributed by atoms with Crippen molar-refractivity contribution in [3.05, 3.63) is 47.3 Å². The van der Waals surface area contributed by atoms with Crippen LogP contribution in [0.3, 0.4) is 0 Å². The molecule has 1 heterocycles. The standard InChI is InChI=1S/C15H17FN2O/c1-4-11-9-12(6-7-13(11)16)17-15-10(2)5-8-14(18-15)19-3/h5-9H,4H2,1-3H3,(H,17,18). The number of hydrogen-bond acceptors (Lipinski definition) is 3. The molecule has 0 aliphatic heterocycles. The van der Waals surface area contributed by atoms with E-state index in [4.69, 9.17) is 4.74 Å². The number of aryl methyl sites for hydroxylation is 2. The molecule has 0 fully saturated rings. The van der Waals surface area contributed by atoms with Crippen molar-refractivity contribution in [2.75, 3.05) is 12.4 Å². The number of rotatable bonds is 4. The molecule has 2 rings (SSSR count). The molecule has 0 saturated heterocycles. The lowest BCUT2D eigenvalue weighted by Gasteiger charge is -2.11. The van der Waals surface area contributed by atoms with Gasteiger partial charge in [0.1, 0.15) is 11.6 Å². The van der Waals surface area contributed by atoms with E-state index in [2.05, 4.69) is 10.3 Å². The summed E-state index contributed by atoms with van der Waals surface area (Å²) in [7, 11) is 1.58. The quantitative estimate of drug-likeness (QED) is 0.906. The van der Waals surface area contributed by atoms with Gasteiger partial charge in [0.2, 0.25) is 5.88 Å². The van der Waals surface area contributed by atoms with Crippen LogP contribution in [-0.2, 0) is 6.42 Å². The van der Waals surface area contributed by atoms with Gasteiger partial charge in [-0.15, -0.1) is 0 Å². The average molecular weight is 260 g/mol. The summed E-state index contributed by atoms with van der Waals surface area (Å²) in [5.41, 5.74) is 2.51. The van der Waals surface area contributed by atoms with Gasteiger partial charge in [0.15, 0.2) is 0 Å². The van der Waals surface area contributed by atoms with Crippen LogP contribution in [-0.4, -0.2) is 12.1 Å². The molecule has 0 amide bonds. The topological polar surface area (TPSA) is 34.2 Å². The Bertz CT molecular complexity index is 584. The molecule has 19 heavy (non-hydrogen) atoms. The number of methoxy groups -OCH3 is 1. The van der Waals surface area contributed by atoms with Crippen LogP contribution in [0.25, 0.3) is 0 Å². The van der Waals surface area contributed by atoms with Crippen LogP contribution in [0.4, 0.5) is 15.9 Å². The Morgan fingerprint density at radius 2 is 2.05 bits per heavy atom. The second-order valence-corrected chi connectivity index (χ2v) is 4.30. The van der Waals surface area contributed by atoms with Gasteiger partial charge in [-0.3, -0.25) is 0 Å². The average Bonchev–Trinajstić information content (AvgIpc) is 2.43. The van der Waals surface area contributed by atoms with Crippen molar-refractivity contribution in [2.45, 2.75) is 20.3 Å². The summed E-state index contributed by atoms with van der Waals surface area (Å²) in [6.07, 6.45) is 0.659. The molecular weight excluding hydrogens is 243 g/mol. The van der Waals surface area contributed by atoms with Crippen molar-refractivity contribution in [2.24, 2.45) is 0 Å². The summed E-state index contributed by atoms with van der Waals surface area (Å²) in [4.78, 5) is 4.34. The number of aromatic nitrogens is 1. The SMILES string of the molecule is CCc1cc(Nc2nc(OC)ccc2C)ccc1F. The number of pyridine rings is 1. The van der Waals surface area contributed by atoms with E-state index in [1.54, 1.807) is 19.2 Å². The Morgan fingerprint density at radius 1 is 1.26 bits per heavy atom. The summed E-state index contributed by atoms with van der Waals surface area (Å²) >= 11 is 0. The van der Waals surface area contributed by atoms with Gasteiger partial charge in [-0.1, -0.05) is 13.0 Å². The van der Waals surface area contributed by atoms with Gasteiger partial charge in [0.25, 0.3) is 0 Å². The molecule has 0 atom stereocenters. The van der Waals surface area contributed by atoms with Crippen LogP contribution < -0.4 is 10.1 Å². The highest BCUT2D eigenvalue weighted by molar-refractivity contribution is 5.60. The molecule has 1 N–H and O–H groups in total. The van der Waals surface area contributed by atoms with E-state index in [0.717, 1.165) is 11.3 Å². The third-order valence-corrected chi connectivity index (χ3v) is 2.97. The summed E-state index contributed by atoms with van der Waals surface area (Å²) in [6.45, 7) is 3.89. The molecule has 4 heteroatoms. The molecule has 0 radical (unpaired) electrons. The predicted octanol–water partition coefficient (Wildman–Crippen LogP) is 3.84. The maximum atomic E-state index is 13.4. The summed E-state index contributed by atoms with van der Waals surface area (Å²) in [5, 5.41) is 3.19. The third-order valence-electron chi connectivity index (χ3n) is 2.97. The molecule has 0 unspecified atom stereocenters. The summed E-state index contributed by atoms with van der Waals surface area (Å²) in [5.74, 6) is 1.09. The molecular formula is C15H17FN2O. The maximum Gasteiger partial charge on any atom is 0.214 e. The first-order valence-electron chi connectivity index (χ1n) is 6.21. The number of nitrogens with zero attached hydrogens (tertiary/aromatic N) is 1. The number of benzene rings is 1. The Hall–Kier alpha value is -2.10. The van der Waals surface area contributed by atoms with E-state index >= 15 is 0 Å². The van der Waals surface area contributed by atoms with E-state index in [-0.39, 0.29) is 5.82 Å². The van der Waals surface area contributed by atoms with Gasteiger partial charge in [-0.2, -0.15) is 4.98 Å².